The molecule has 194 valence electrons. The van der Waals surface area contributed by atoms with E-state index in [0.29, 0.717) is 40.5 Å². The molecule has 3 N–H and O–H groups in total. The second-order valence-electron chi connectivity index (χ2n) is 8.21. The normalized spacial score (nSPS) is 11.2. The minimum atomic E-state index is -0.962. The molecule has 9 nitrogen and oxygen atoms in total. The summed E-state index contributed by atoms with van der Waals surface area (Å²) in [7, 11) is 0. The van der Waals surface area contributed by atoms with Crippen molar-refractivity contribution < 1.29 is 33.7 Å². The molecule has 3 aromatic rings. The van der Waals surface area contributed by atoms with Gasteiger partial charge in [0.15, 0.2) is 6.10 Å². The lowest BCUT2D eigenvalue weighted by atomic mass is 10.1. The Morgan fingerprint density at radius 1 is 0.892 bits per heavy atom. The Hall–Kier alpha value is -4.53. The number of hydrogen-bond acceptors (Lipinski definition) is 7. The highest BCUT2D eigenvalue weighted by atomic mass is 16.5. The predicted octanol–water partition coefficient (Wildman–Crippen LogP) is 5.10. The Labute approximate surface area is 215 Å². The number of carbonyl (C=O) groups excluding carboxylic acids is 3. The fourth-order valence-electron chi connectivity index (χ4n) is 3.56. The molecule has 37 heavy (non-hydrogen) atoms. The quantitative estimate of drug-likeness (QED) is 0.210. The van der Waals surface area contributed by atoms with Crippen molar-refractivity contribution in [3.05, 3.63) is 71.8 Å². The summed E-state index contributed by atoms with van der Waals surface area (Å²) in [6.45, 7) is 7.13. The molecule has 2 amide bonds. The van der Waals surface area contributed by atoms with Crippen LogP contribution in [-0.2, 0) is 19.1 Å². The summed E-state index contributed by atoms with van der Waals surface area (Å²) in [5.41, 5.74) is 1.98. The van der Waals surface area contributed by atoms with E-state index in [1.54, 1.807) is 51.1 Å². The average Bonchev–Trinajstić information content (AvgIpc) is 2.87. The summed E-state index contributed by atoms with van der Waals surface area (Å²) in [6.07, 6.45) is -0.331. The number of nitrogens with one attached hydrogen (secondary N) is 2. The zero-order valence-electron chi connectivity index (χ0n) is 21.2. The molecule has 1 unspecified atom stereocenters. The molecule has 1 atom stereocenters. The molecule has 0 saturated heterocycles. The number of aromatic hydroxyl groups is 1. The van der Waals surface area contributed by atoms with E-state index in [9.17, 15) is 19.5 Å². The van der Waals surface area contributed by atoms with E-state index in [-0.39, 0.29) is 18.0 Å². The van der Waals surface area contributed by atoms with Crippen LogP contribution >= 0.6 is 0 Å². The Balaban J connectivity index is 1.74. The summed E-state index contributed by atoms with van der Waals surface area (Å²) in [5, 5.41) is 15.5. The number of anilines is 2. The van der Waals surface area contributed by atoms with Gasteiger partial charge in [0.1, 0.15) is 23.0 Å². The standard InChI is InChI=1S/C28H30N2O7/c1-5-24(36-20-10-8-7-9-11-20)26(32)30-22-16-21(12-13-23(22)31)37-25-17(3)14-19(15-18(25)4)29-27(33)28(34)35-6-2/h7-16,24,31H,5-6H2,1-4H3,(H,29,33)(H,30,32). The number of rotatable bonds is 9. The molecule has 0 bridgehead atoms. The monoisotopic (exact) mass is 506 g/mol. The highest BCUT2D eigenvalue weighted by molar-refractivity contribution is 6.37. The molecule has 0 aliphatic heterocycles. The van der Waals surface area contributed by atoms with Gasteiger partial charge in [-0.3, -0.25) is 9.59 Å². The third-order valence-electron chi connectivity index (χ3n) is 5.31. The van der Waals surface area contributed by atoms with Crippen molar-refractivity contribution in [2.24, 2.45) is 0 Å². The summed E-state index contributed by atoms with van der Waals surface area (Å²) >= 11 is 0. The molecule has 0 saturated carbocycles. The molecule has 0 radical (unpaired) electrons. The topological polar surface area (TPSA) is 123 Å². The van der Waals surface area contributed by atoms with Crippen LogP contribution in [0.2, 0.25) is 0 Å². The molecule has 3 rings (SSSR count). The summed E-state index contributed by atoms with van der Waals surface area (Å²) in [4.78, 5) is 36.4. The average molecular weight is 507 g/mol. The lowest BCUT2D eigenvalue weighted by Crippen LogP contribution is -2.32. The molecule has 0 aliphatic rings. The number of amides is 2. The first-order valence-electron chi connectivity index (χ1n) is 11.8. The van der Waals surface area contributed by atoms with Crippen LogP contribution in [0.5, 0.6) is 23.0 Å². The van der Waals surface area contributed by atoms with Crippen LogP contribution in [0.4, 0.5) is 11.4 Å². The van der Waals surface area contributed by atoms with Crippen LogP contribution in [0, 0.1) is 13.8 Å². The highest BCUT2D eigenvalue weighted by Crippen LogP contribution is 2.35. The van der Waals surface area contributed by atoms with E-state index in [2.05, 4.69) is 10.6 Å². The first-order chi connectivity index (χ1) is 17.7. The minimum Gasteiger partial charge on any atom is -0.506 e. The van der Waals surface area contributed by atoms with E-state index < -0.39 is 23.9 Å². The maximum Gasteiger partial charge on any atom is 0.397 e. The lowest BCUT2D eigenvalue weighted by molar-refractivity contribution is -0.152. The first-order valence-corrected chi connectivity index (χ1v) is 11.8. The first kappa shape index (κ1) is 27.1. The van der Waals surface area contributed by atoms with Crippen molar-refractivity contribution in [1.82, 2.24) is 0 Å². The third-order valence-corrected chi connectivity index (χ3v) is 5.31. The number of benzene rings is 3. The van der Waals surface area contributed by atoms with Crippen LogP contribution in [-0.4, -0.2) is 35.6 Å². The molecule has 0 aliphatic carbocycles. The van der Waals surface area contributed by atoms with E-state index >= 15 is 0 Å². The van der Waals surface area contributed by atoms with Crippen LogP contribution < -0.4 is 20.1 Å². The van der Waals surface area contributed by atoms with Gasteiger partial charge < -0.3 is 30.0 Å². The predicted molar refractivity (Wildman–Crippen MR) is 139 cm³/mol. The van der Waals surface area contributed by atoms with Gasteiger partial charge in [-0.1, -0.05) is 25.1 Å². The Kier molecular flexibility index (Phi) is 9.10. The van der Waals surface area contributed by atoms with Crippen molar-refractivity contribution in [1.29, 1.82) is 0 Å². The molecule has 0 heterocycles. The van der Waals surface area contributed by atoms with Gasteiger partial charge in [-0.25, -0.2) is 4.79 Å². The Morgan fingerprint density at radius 3 is 2.19 bits per heavy atom. The zero-order valence-corrected chi connectivity index (χ0v) is 21.2. The minimum absolute atomic E-state index is 0.102. The second-order valence-corrected chi connectivity index (χ2v) is 8.21. The fraction of sp³-hybridized carbons (Fsp3) is 0.250. The molecule has 0 spiro atoms. The van der Waals surface area contributed by atoms with Crippen LogP contribution in [0.15, 0.2) is 60.7 Å². The van der Waals surface area contributed by atoms with Gasteiger partial charge in [0, 0.05) is 11.8 Å². The van der Waals surface area contributed by atoms with E-state index in [1.807, 2.05) is 25.1 Å². The van der Waals surface area contributed by atoms with Gasteiger partial charge in [0.2, 0.25) is 0 Å². The number of para-hydroxylation sites is 1. The van der Waals surface area contributed by atoms with Crippen LogP contribution in [0.3, 0.4) is 0 Å². The van der Waals surface area contributed by atoms with Crippen molar-refractivity contribution in [2.75, 3.05) is 17.2 Å². The van der Waals surface area contributed by atoms with Gasteiger partial charge in [0.25, 0.3) is 5.91 Å². The Morgan fingerprint density at radius 2 is 1.57 bits per heavy atom. The maximum atomic E-state index is 12.8. The molecular weight excluding hydrogens is 476 g/mol. The largest absolute Gasteiger partial charge is 0.506 e. The molecular formula is C28H30N2O7. The van der Waals surface area contributed by atoms with Crippen LogP contribution in [0.1, 0.15) is 31.4 Å². The summed E-state index contributed by atoms with van der Waals surface area (Å²) in [5.74, 6) is -0.894. The van der Waals surface area contributed by atoms with Gasteiger partial charge in [-0.2, -0.15) is 0 Å². The fourth-order valence-corrected chi connectivity index (χ4v) is 3.56. The number of phenolic OH excluding ortho intramolecular Hbond substituents is 1. The highest BCUT2D eigenvalue weighted by Gasteiger charge is 2.21. The molecule has 0 aromatic heterocycles. The van der Waals surface area contributed by atoms with Gasteiger partial charge >= 0.3 is 11.9 Å². The number of aryl methyl sites for hydroxylation is 2. The SMILES string of the molecule is CCOC(=O)C(=O)Nc1cc(C)c(Oc2ccc(O)c(NC(=O)C(CC)Oc3ccccc3)c2)c(C)c1. The maximum absolute atomic E-state index is 12.8. The van der Waals surface area contributed by atoms with E-state index in [1.165, 1.54) is 12.1 Å². The number of esters is 1. The van der Waals surface area contributed by atoms with Crippen molar-refractivity contribution in [2.45, 2.75) is 40.2 Å². The van der Waals surface area contributed by atoms with Crippen molar-refractivity contribution in [3.8, 4) is 23.0 Å². The second kappa shape index (κ2) is 12.4. The van der Waals surface area contributed by atoms with Crippen molar-refractivity contribution >= 4 is 29.2 Å². The number of ether oxygens (including phenoxy) is 3. The number of phenols is 1. The molecule has 9 heteroatoms. The van der Waals surface area contributed by atoms with Gasteiger partial charge in [-0.15, -0.1) is 0 Å². The number of carbonyl (C=O) groups is 3. The molecule has 3 aromatic carbocycles. The zero-order chi connectivity index (χ0) is 26.9. The summed E-state index contributed by atoms with van der Waals surface area (Å²) < 4.78 is 16.5. The van der Waals surface area contributed by atoms with Gasteiger partial charge in [0.05, 0.1) is 12.3 Å². The van der Waals surface area contributed by atoms with Gasteiger partial charge in [-0.05, 0) is 74.7 Å². The lowest BCUT2D eigenvalue weighted by Gasteiger charge is -2.18. The smallest absolute Gasteiger partial charge is 0.397 e. The van der Waals surface area contributed by atoms with E-state index in [4.69, 9.17) is 14.2 Å². The third kappa shape index (κ3) is 7.23. The van der Waals surface area contributed by atoms with Crippen molar-refractivity contribution in [3.63, 3.8) is 0 Å². The molecule has 0 fully saturated rings. The van der Waals surface area contributed by atoms with E-state index in [0.717, 1.165) is 0 Å². The van der Waals surface area contributed by atoms with Crippen LogP contribution in [0.25, 0.3) is 0 Å². The number of hydrogen-bond donors (Lipinski definition) is 3. The Bertz CT molecular complexity index is 1250. The summed E-state index contributed by atoms with van der Waals surface area (Å²) in [6, 6.07) is 16.8.